The molecule has 1 aromatic carbocycles. The maximum atomic E-state index is 12.9. The van der Waals surface area contributed by atoms with Crippen molar-refractivity contribution in [3.8, 4) is 11.3 Å². The van der Waals surface area contributed by atoms with E-state index < -0.39 is 6.43 Å². The largest absolute Gasteiger partial charge is 0.441 e. The number of nitrogens with zero attached hydrogens (tertiary/aromatic N) is 2. The summed E-state index contributed by atoms with van der Waals surface area (Å²) in [5.41, 5.74) is 0.707. The van der Waals surface area contributed by atoms with Gasteiger partial charge in [0.25, 0.3) is 0 Å². The highest BCUT2D eigenvalue weighted by atomic mass is 19.3. The van der Waals surface area contributed by atoms with E-state index in [-0.39, 0.29) is 30.5 Å². The minimum absolute atomic E-state index is 0.0814. The van der Waals surface area contributed by atoms with Gasteiger partial charge in [-0.3, -0.25) is 4.79 Å². The molecule has 0 N–H and O–H groups in total. The Kier molecular flexibility index (Phi) is 4.87. The molecular weight excluding hydrogens is 321 g/mol. The number of carbonyl (C=O) groups excluding carboxylic acids is 1. The van der Waals surface area contributed by atoms with Crippen LogP contribution in [0.1, 0.15) is 18.7 Å². The third-order valence-electron chi connectivity index (χ3n) is 4.06. The van der Waals surface area contributed by atoms with Gasteiger partial charge in [0.1, 0.15) is 5.82 Å². The molecule has 1 aromatic heterocycles. The van der Waals surface area contributed by atoms with E-state index in [9.17, 15) is 18.0 Å². The number of benzene rings is 1. The summed E-state index contributed by atoms with van der Waals surface area (Å²) in [6.45, 7) is 0.797. The van der Waals surface area contributed by atoms with Crippen molar-refractivity contribution >= 4 is 5.91 Å². The second kappa shape index (κ2) is 7.07. The van der Waals surface area contributed by atoms with Gasteiger partial charge in [-0.25, -0.2) is 18.2 Å². The average molecular weight is 338 g/mol. The van der Waals surface area contributed by atoms with Crippen LogP contribution < -0.4 is 0 Å². The number of likely N-dealkylation sites (tertiary alicyclic amines) is 1. The Labute approximate surface area is 137 Å². The van der Waals surface area contributed by atoms with E-state index in [0.717, 1.165) is 0 Å². The van der Waals surface area contributed by atoms with Gasteiger partial charge in [0, 0.05) is 37.9 Å². The van der Waals surface area contributed by atoms with E-state index >= 15 is 0 Å². The fourth-order valence-corrected chi connectivity index (χ4v) is 2.72. The van der Waals surface area contributed by atoms with Gasteiger partial charge >= 0.3 is 0 Å². The molecule has 3 rings (SSSR count). The summed E-state index contributed by atoms with van der Waals surface area (Å²) in [5.74, 6) is 0.428. The number of oxazole rings is 1. The molecule has 7 heteroatoms. The number of aryl methyl sites for hydroxylation is 1. The molecule has 1 aliphatic heterocycles. The van der Waals surface area contributed by atoms with E-state index in [2.05, 4.69) is 4.98 Å². The van der Waals surface area contributed by atoms with Gasteiger partial charge in [-0.1, -0.05) is 0 Å². The van der Waals surface area contributed by atoms with E-state index in [4.69, 9.17) is 4.42 Å². The first-order valence-corrected chi connectivity index (χ1v) is 7.78. The number of aromatic nitrogens is 1. The maximum absolute atomic E-state index is 12.9. The molecule has 128 valence electrons. The van der Waals surface area contributed by atoms with E-state index in [1.54, 1.807) is 17.0 Å². The lowest BCUT2D eigenvalue weighted by molar-refractivity contribution is -0.138. The van der Waals surface area contributed by atoms with Gasteiger partial charge < -0.3 is 9.32 Å². The lowest BCUT2D eigenvalue weighted by atomic mass is 9.96. The van der Waals surface area contributed by atoms with Crippen LogP contribution in [0.25, 0.3) is 11.3 Å². The van der Waals surface area contributed by atoms with Crippen molar-refractivity contribution < 1.29 is 22.4 Å². The first kappa shape index (κ1) is 16.5. The predicted octanol–water partition coefficient (Wildman–Crippen LogP) is 3.53. The summed E-state index contributed by atoms with van der Waals surface area (Å²) >= 11 is 0. The van der Waals surface area contributed by atoms with E-state index in [0.29, 0.717) is 36.7 Å². The molecule has 0 spiro atoms. The highest BCUT2D eigenvalue weighted by Gasteiger charge is 2.32. The molecule has 2 heterocycles. The quantitative estimate of drug-likeness (QED) is 0.809. The third-order valence-corrected chi connectivity index (χ3v) is 4.06. The molecular formula is C17H17F3N2O2. The Morgan fingerprint density at radius 2 is 2.00 bits per heavy atom. The summed E-state index contributed by atoms with van der Waals surface area (Å²) in [6, 6.07) is 5.85. The molecule has 4 nitrogen and oxygen atoms in total. The molecule has 1 amide bonds. The molecule has 0 saturated carbocycles. The smallest absolute Gasteiger partial charge is 0.239 e. The zero-order chi connectivity index (χ0) is 17.1. The molecule has 1 saturated heterocycles. The lowest BCUT2D eigenvalue weighted by Gasteiger charge is -2.39. The highest BCUT2D eigenvalue weighted by Crippen LogP contribution is 2.24. The second-order valence-electron chi connectivity index (χ2n) is 5.92. The van der Waals surface area contributed by atoms with Crippen LogP contribution in [-0.4, -0.2) is 35.3 Å². The van der Waals surface area contributed by atoms with Crippen molar-refractivity contribution in [3.63, 3.8) is 0 Å². The Bertz CT molecular complexity index is 694. The van der Waals surface area contributed by atoms with Crippen molar-refractivity contribution in [2.45, 2.75) is 25.7 Å². The number of carbonyl (C=O) groups is 1. The number of amides is 1. The Hall–Kier alpha value is -2.31. The Balaban J connectivity index is 1.47. The second-order valence-corrected chi connectivity index (χ2v) is 5.92. The number of alkyl halides is 2. The summed E-state index contributed by atoms with van der Waals surface area (Å²) in [7, 11) is 0. The van der Waals surface area contributed by atoms with Crippen LogP contribution in [-0.2, 0) is 11.2 Å². The van der Waals surface area contributed by atoms with Gasteiger partial charge in [0.05, 0.1) is 6.20 Å². The van der Waals surface area contributed by atoms with Gasteiger partial charge in [0.15, 0.2) is 11.7 Å². The minimum Gasteiger partial charge on any atom is -0.441 e. The van der Waals surface area contributed by atoms with Crippen LogP contribution in [0.5, 0.6) is 0 Å². The summed E-state index contributed by atoms with van der Waals surface area (Å²) in [5, 5.41) is 0. The monoisotopic (exact) mass is 338 g/mol. The molecule has 0 atom stereocenters. The maximum Gasteiger partial charge on any atom is 0.239 e. The fourth-order valence-electron chi connectivity index (χ4n) is 2.72. The van der Waals surface area contributed by atoms with Crippen LogP contribution in [0.3, 0.4) is 0 Å². The number of rotatable bonds is 6. The first-order valence-electron chi connectivity index (χ1n) is 7.78. The van der Waals surface area contributed by atoms with E-state index in [1.807, 2.05) is 0 Å². The minimum atomic E-state index is -2.32. The lowest BCUT2D eigenvalue weighted by Crippen LogP contribution is -2.50. The van der Waals surface area contributed by atoms with Gasteiger partial charge in [-0.05, 0) is 30.2 Å². The molecule has 2 aromatic rings. The Morgan fingerprint density at radius 1 is 1.29 bits per heavy atom. The molecule has 0 bridgehead atoms. The van der Waals surface area contributed by atoms with Crippen molar-refractivity contribution in [1.82, 2.24) is 9.88 Å². The summed E-state index contributed by atoms with van der Waals surface area (Å²) in [6.07, 6.45) is -0.356. The van der Waals surface area contributed by atoms with Crippen molar-refractivity contribution in [2.75, 3.05) is 13.1 Å². The fraction of sp³-hybridized carbons (Fsp3) is 0.412. The molecule has 0 unspecified atom stereocenters. The van der Waals surface area contributed by atoms with Crippen molar-refractivity contribution in [2.24, 2.45) is 5.92 Å². The van der Waals surface area contributed by atoms with Crippen LogP contribution >= 0.6 is 0 Å². The number of hydrogen-bond acceptors (Lipinski definition) is 3. The predicted molar refractivity (Wildman–Crippen MR) is 80.9 cm³/mol. The topological polar surface area (TPSA) is 46.3 Å². The van der Waals surface area contributed by atoms with Gasteiger partial charge in [-0.15, -0.1) is 0 Å². The molecule has 1 aliphatic rings. The first-order chi connectivity index (χ1) is 11.5. The molecule has 24 heavy (non-hydrogen) atoms. The van der Waals surface area contributed by atoms with Crippen LogP contribution in [0.4, 0.5) is 13.2 Å². The summed E-state index contributed by atoms with van der Waals surface area (Å²) in [4.78, 5) is 17.7. The van der Waals surface area contributed by atoms with Crippen LogP contribution in [0, 0.1) is 11.7 Å². The zero-order valence-corrected chi connectivity index (χ0v) is 12.9. The molecule has 0 radical (unpaired) electrons. The zero-order valence-electron chi connectivity index (χ0n) is 12.9. The van der Waals surface area contributed by atoms with Crippen LogP contribution in [0.2, 0.25) is 0 Å². The van der Waals surface area contributed by atoms with Crippen molar-refractivity contribution in [1.29, 1.82) is 0 Å². The summed E-state index contributed by atoms with van der Waals surface area (Å²) < 4.78 is 42.9. The standard InChI is InChI=1S/C17H17F3N2O2/c18-13-3-1-12(2-4-13)14-8-21-16(24-14)5-6-17(23)22-9-11(10-22)7-15(19)20/h1-4,8,11,15H,5-7,9-10H2. The van der Waals surface area contributed by atoms with Crippen molar-refractivity contribution in [3.05, 3.63) is 42.2 Å². The van der Waals surface area contributed by atoms with Gasteiger partial charge in [0.2, 0.25) is 12.3 Å². The number of halogens is 3. The highest BCUT2D eigenvalue weighted by molar-refractivity contribution is 5.77. The Morgan fingerprint density at radius 3 is 2.67 bits per heavy atom. The molecule has 1 fully saturated rings. The number of hydrogen-bond donors (Lipinski definition) is 0. The molecule has 0 aliphatic carbocycles. The SMILES string of the molecule is O=C(CCc1ncc(-c2ccc(F)cc2)o1)N1CC(CC(F)F)C1. The normalized spacial score (nSPS) is 14.9. The third kappa shape index (κ3) is 3.96. The van der Waals surface area contributed by atoms with E-state index in [1.165, 1.54) is 18.3 Å². The van der Waals surface area contributed by atoms with Crippen LogP contribution in [0.15, 0.2) is 34.9 Å². The van der Waals surface area contributed by atoms with Gasteiger partial charge in [-0.2, -0.15) is 0 Å². The average Bonchev–Trinajstić information content (AvgIpc) is 2.97.